The zero-order chi connectivity index (χ0) is 10.3. The molecule has 1 aliphatic carbocycles. The van der Waals surface area contributed by atoms with Gasteiger partial charge in [0, 0.05) is 16.6 Å². The van der Waals surface area contributed by atoms with Gasteiger partial charge in [-0.2, -0.15) is 5.26 Å². The van der Waals surface area contributed by atoms with E-state index in [0.717, 1.165) is 5.56 Å². The molecular weight excluding hydrogens is 203 g/mol. The molecule has 4 heteroatoms. The highest BCUT2D eigenvalue weighted by molar-refractivity contribution is 6.31. The van der Waals surface area contributed by atoms with Crippen LogP contribution in [0.5, 0.6) is 0 Å². The lowest BCUT2D eigenvalue weighted by molar-refractivity contribution is 0.586. The molecule has 0 aliphatic heterocycles. The van der Waals surface area contributed by atoms with Crippen molar-refractivity contribution >= 4 is 11.6 Å². The third kappa shape index (κ3) is 1.19. The maximum atomic E-state index is 13.6. The van der Waals surface area contributed by atoms with Gasteiger partial charge in [0.05, 0.1) is 5.56 Å². The Morgan fingerprint density at radius 2 is 2.36 bits per heavy atom. The van der Waals surface area contributed by atoms with Crippen LogP contribution < -0.4 is 5.73 Å². The molecular formula is C10H8ClFN2. The summed E-state index contributed by atoms with van der Waals surface area (Å²) in [5, 5.41) is 9.12. The van der Waals surface area contributed by atoms with E-state index in [9.17, 15) is 4.39 Å². The minimum absolute atomic E-state index is 0.0221. The first-order valence-corrected chi connectivity index (χ1v) is 4.69. The number of halogens is 2. The molecule has 2 nitrogen and oxygen atoms in total. The van der Waals surface area contributed by atoms with Crippen LogP contribution in [0.4, 0.5) is 4.39 Å². The topological polar surface area (TPSA) is 49.8 Å². The van der Waals surface area contributed by atoms with Gasteiger partial charge in [-0.15, -0.1) is 0 Å². The molecule has 2 rings (SSSR count). The summed E-state index contributed by atoms with van der Waals surface area (Å²) in [4.78, 5) is 0. The molecule has 0 fully saturated rings. The normalized spacial score (nSPS) is 19.1. The molecule has 0 aromatic heterocycles. The van der Waals surface area contributed by atoms with E-state index in [1.165, 1.54) is 6.07 Å². The van der Waals surface area contributed by atoms with E-state index >= 15 is 0 Å². The summed E-state index contributed by atoms with van der Waals surface area (Å²) < 4.78 is 13.6. The first kappa shape index (κ1) is 9.45. The number of hydrogen-bond acceptors (Lipinski definition) is 2. The molecule has 1 aromatic rings. The van der Waals surface area contributed by atoms with E-state index in [2.05, 4.69) is 0 Å². The summed E-state index contributed by atoms with van der Waals surface area (Å²) in [6, 6.07) is 2.82. The lowest BCUT2D eigenvalue weighted by atomic mass is 10.0. The molecule has 0 heterocycles. The summed E-state index contributed by atoms with van der Waals surface area (Å²) in [6.45, 7) is 0. The Hall–Kier alpha value is -1.11. The molecule has 0 unspecified atom stereocenters. The fourth-order valence-electron chi connectivity index (χ4n) is 1.85. The largest absolute Gasteiger partial charge is 0.324 e. The summed E-state index contributed by atoms with van der Waals surface area (Å²) in [5.41, 5.74) is 6.89. The maximum Gasteiger partial charge on any atom is 0.146 e. The zero-order valence-corrected chi connectivity index (χ0v) is 8.11. The van der Waals surface area contributed by atoms with Crippen molar-refractivity contribution in [2.24, 2.45) is 5.73 Å². The molecule has 0 amide bonds. The molecule has 0 spiro atoms. The maximum absolute atomic E-state index is 13.6. The summed E-state index contributed by atoms with van der Waals surface area (Å²) in [7, 11) is 0. The van der Waals surface area contributed by atoms with Crippen LogP contribution in [0.2, 0.25) is 5.02 Å². The fraction of sp³-hybridized carbons (Fsp3) is 0.300. The van der Waals surface area contributed by atoms with Crippen molar-refractivity contribution < 1.29 is 4.39 Å². The molecule has 2 N–H and O–H groups in total. The Morgan fingerprint density at radius 3 is 3.00 bits per heavy atom. The summed E-state index contributed by atoms with van der Waals surface area (Å²) in [6.07, 6.45) is 1.39. The van der Waals surface area contributed by atoms with Crippen LogP contribution in [-0.2, 0) is 6.42 Å². The van der Waals surface area contributed by atoms with E-state index in [4.69, 9.17) is 22.6 Å². The molecule has 0 bridgehead atoms. The number of nitriles is 1. The molecule has 1 aliphatic rings. The second-order valence-electron chi connectivity index (χ2n) is 3.37. The molecule has 14 heavy (non-hydrogen) atoms. The second-order valence-corrected chi connectivity index (χ2v) is 3.78. The Morgan fingerprint density at radius 1 is 1.64 bits per heavy atom. The van der Waals surface area contributed by atoms with Gasteiger partial charge in [-0.3, -0.25) is 0 Å². The minimum atomic E-state index is -0.503. The summed E-state index contributed by atoms with van der Waals surface area (Å²) >= 11 is 5.92. The zero-order valence-electron chi connectivity index (χ0n) is 7.35. The van der Waals surface area contributed by atoms with E-state index in [0.29, 0.717) is 23.4 Å². The smallest absolute Gasteiger partial charge is 0.146 e. The highest BCUT2D eigenvalue weighted by Crippen LogP contribution is 2.37. The monoisotopic (exact) mass is 210 g/mol. The van der Waals surface area contributed by atoms with Crippen molar-refractivity contribution in [3.05, 3.63) is 33.6 Å². The number of hydrogen-bond donors (Lipinski definition) is 1. The van der Waals surface area contributed by atoms with Gasteiger partial charge in [0.2, 0.25) is 0 Å². The van der Waals surface area contributed by atoms with Crippen LogP contribution in [0.25, 0.3) is 0 Å². The van der Waals surface area contributed by atoms with Crippen molar-refractivity contribution in [2.75, 3.05) is 0 Å². The molecule has 0 radical (unpaired) electrons. The van der Waals surface area contributed by atoms with Gasteiger partial charge in [-0.1, -0.05) is 11.6 Å². The van der Waals surface area contributed by atoms with Crippen LogP contribution in [0.15, 0.2) is 6.07 Å². The SMILES string of the molecule is N#Cc1cc(Cl)c2c(c1F)[C@@H](N)CC2. The van der Waals surface area contributed by atoms with Gasteiger partial charge in [0.25, 0.3) is 0 Å². The minimum Gasteiger partial charge on any atom is -0.324 e. The number of nitrogens with zero attached hydrogens (tertiary/aromatic N) is 1. The lowest BCUT2D eigenvalue weighted by Gasteiger charge is -2.08. The number of fused-ring (bicyclic) bond motifs is 1. The van der Waals surface area contributed by atoms with Crippen LogP contribution in [0.3, 0.4) is 0 Å². The van der Waals surface area contributed by atoms with Crippen LogP contribution in [0, 0.1) is 17.1 Å². The average molecular weight is 211 g/mol. The van der Waals surface area contributed by atoms with Crippen molar-refractivity contribution in [2.45, 2.75) is 18.9 Å². The number of benzene rings is 1. The number of rotatable bonds is 0. The first-order valence-electron chi connectivity index (χ1n) is 4.31. The van der Waals surface area contributed by atoms with Gasteiger partial charge in [-0.05, 0) is 24.5 Å². The van der Waals surface area contributed by atoms with E-state index in [1.807, 2.05) is 0 Å². The average Bonchev–Trinajstić information content (AvgIpc) is 2.54. The van der Waals surface area contributed by atoms with Crippen LogP contribution >= 0.6 is 11.6 Å². The van der Waals surface area contributed by atoms with E-state index in [-0.39, 0.29) is 11.6 Å². The molecule has 1 atom stereocenters. The highest BCUT2D eigenvalue weighted by atomic mass is 35.5. The predicted molar refractivity (Wildman–Crippen MR) is 51.4 cm³/mol. The van der Waals surface area contributed by atoms with Crippen LogP contribution in [-0.4, -0.2) is 0 Å². The molecule has 72 valence electrons. The number of nitrogens with two attached hydrogens (primary N) is 1. The van der Waals surface area contributed by atoms with Crippen molar-refractivity contribution in [3.63, 3.8) is 0 Å². The predicted octanol–water partition coefficient (Wildman–Crippen LogP) is 2.30. The van der Waals surface area contributed by atoms with Gasteiger partial charge in [-0.25, -0.2) is 4.39 Å². The first-order chi connectivity index (χ1) is 6.65. The van der Waals surface area contributed by atoms with Gasteiger partial charge < -0.3 is 5.73 Å². The Bertz CT molecular complexity index is 437. The van der Waals surface area contributed by atoms with E-state index in [1.54, 1.807) is 6.07 Å². The quantitative estimate of drug-likeness (QED) is 0.714. The fourth-order valence-corrected chi connectivity index (χ4v) is 2.15. The molecule has 1 aromatic carbocycles. The second kappa shape index (κ2) is 3.23. The third-order valence-corrected chi connectivity index (χ3v) is 2.89. The molecule has 0 saturated carbocycles. The Balaban J connectivity index is 2.73. The standard InChI is InChI=1S/C10H8ClFN2/c11-7-3-5(4-13)10(12)9-6(7)1-2-8(9)14/h3,8H,1-2,14H2/t8-/m0/s1. The van der Waals surface area contributed by atoms with Crippen molar-refractivity contribution in [1.82, 2.24) is 0 Å². The third-order valence-electron chi connectivity index (χ3n) is 2.55. The highest BCUT2D eigenvalue weighted by Gasteiger charge is 2.27. The Labute approximate surface area is 86.1 Å². The Kier molecular flexibility index (Phi) is 2.18. The van der Waals surface area contributed by atoms with Crippen molar-refractivity contribution in [3.8, 4) is 6.07 Å². The van der Waals surface area contributed by atoms with E-state index < -0.39 is 5.82 Å². The van der Waals surface area contributed by atoms with Crippen molar-refractivity contribution in [1.29, 1.82) is 5.26 Å². The summed E-state index contributed by atoms with van der Waals surface area (Å²) in [5.74, 6) is -0.503. The van der Waals surface area contributed by atoms with Gasteiger partial charge >= 0.3 is 0 Å². The van der Waals surface area contributed by atoms with Crippen LogP contribution in [0.1, 0.15) is 29.2 Å². The van der Waals surface area contributed by atoms with Gasteiger partial charge in [0.15, 0.2) is 0 Å². The van der Waals surface area contributed by atoms with Gasteiger partial charge in [0.1, 0.15) is 11.9 Å². The molecule has 0 saturated heterocycles. The lowest BCUT2D eigenvalue weighted by Crippen LogP contribution is -2.08.